The fraction of sp³-hybridized carbons (Fsp3) is 0.226. The normalized spacial score (nSPS) is 13.3. The molecule has 0 aliphatic heterocycles. The molecule has 0 unspecified atom stereocenters. The molecule has 8 aromatic rings. The second kappa shape index (κ2) is 19.6. The van der Waals surface area contributed by atoms with Gasteiger partial charge >= 0.3 is 0 Å². The molecule has 0 atom stereocenters. The van der Waals surface area contributed by atoms with Gasteiger partial charge in [0.2, 0.25) is 0 Å². The Morgan fingerprint density at radius 2 is 0.636 bits per heavy atom. The number of rotatable bonds is 14. The summed E-state index contributed by atoms with van der Waals surface area (Å²) in [5.41, 5.74) is 18.4. The Bertz CT molecular complexity index is 2570. The molecule has 66 heavy (non-hydrogen) atoms. The lowest BCUT2D eigenvalue weighted by molar-refractivity contribution is 0.344. The molecule has 332 valence electrons. The predicted molar refractivity (Wildman–Crippen MR) is 276 cm³/mol. The molecule has 1 fully saturated rings. The van der Waals surface area contributed by atoms with E-state index in [0.717, 1.165) is 96.6 Å². The van der Waals surface area contributed by atoms with Crippen molar-refractivity contribution in [2.24, 2.45) is 0 Å². The van der Waals surface area contributed by atoms with Crippen LogP contribution in [0.3, 0.4) is 0 Å². The maximum Gasteiger partial charge on any atom is 0.118 e. The number of aryl methyl sites for hydroxylation is 8. The van der Waals surface area contributed by atoms with Gasteiger partial charge in [-0.1, -0.05) is 139 Å². The Hall–Kier alpha value is -7.04. The lowest BCUT2D eigenvalue weighted by atomic mass is 9.64. The minimum atomic E-state index is -0.183. The zero-order chi connectivity index (χ0) is 45.6. The third-order valence-electron chi connectivity index (χ3n) is 13.9. The quantitative estimate of drug-likeness (QED) is 0.114. The SMILES string of the molecule is Cc1ccc(N(c2ccc(C)cc2)c2ccc(CCc3cc(C4(c5ccc(O)c(CCc6ccc(N(c7ccc(C)cc7)c7ccc(C)cc7)cc6)c5)CCCCC4)ccc3O)cc2)cc1. The number of hydrogen-bond acceptors (Lipinski definition) is 4. The second-order valence-electron chi connectivity index (χ2n) is 18.7. The molecule has 0 heterocycles. The average molecular weight is 867 g/mol. The van der Waals surface area contributed by atoms with Crippen molar-refractivity contribution in [3.63, 3.8) is 0 Å². The molecular formula is C62H62N2O2. The third-order valence-corrected chi connectivity index (χ3v) is 13.9. The maximum absolute atomic E-state index is 11.3. The lowest BCUT2D eigenvalue weighted by Crippen LogP contribution is -2.30. The van der Waals surface area contributed by atoms with E-state index in [0.29, 0.717) is 11.5 Å². The number of aromatic hydroxyl groups is 2. The molecule has 0 saturated heterocycles. The van der Waals surface area contributed by atoms with Crippen LogP contribution in [0, 0.1) is 27.7 Å². The van der Waals surface area contributed by atoms with Crippen LogP contribution in [-0.2, 0) is 31.1 Å². The highest BCUT2D eigenvalue weighted by Crippen LogP contribution is 2.47. The second-order valence-corrected chi connectivity index (χ2v) is 18.7. The summed E-state index contributed by atoms with van der Waals surface area (Å²) in [6, 6.07) is 65.2. The largest absolute Gasteiger partial charge is 0.508 e. The number of anilines is 6. The van der Waals surface area contributed by atoms with Crippen LogP contribution in [0.4, 0.5) is 34.1 Å². The van der Waals surface area contributed by atoms with E-state index in [1.165, 1.54) is 50.9 Å². The zero-order valence-electron chi connectivity index (χ0n) is 39.0. The number of hydrogen-bond donors (Lipinski definition) is 2. The van der Waals surface area contributed by atoms with Crippen molar-refractivity contribution < 1.29 is 10.2 Å². The molecule has 1 saturated carbocycles. The van der Waals surface area contributed by atoms with Crippen LogP contribution in [0.15, 0.2) is 182 Å². The minimum Gasteiger partial charge on any atom is -0.508 e. The predicted octanol–water partition coefficient (Wildman–Crippen LogP) is 16.1. The number of nitrogens with zero attached hydrogens (tertiary/aromatic N) is 2. The van der Waals surface area contributed by atoms with Crippen LogP contribution in [0.1, 0.15) is 87.7 Å². The van der Waals surface area contributed by atoms with Crippen LogP contribution < -0.4 is 9.80 Å². The number of phenolic OH excluding ortho intramolecular Hbond substituents is 2. The summed E-state index contributed by atoms with van der Waals surface area (Å²) in [6.45, 7) is 8.49. The van der Waals surface area contributed by atoms with E-state index in [1.54, 1.807) is 0 Å². The third kappa shape index (κ3) is 9.79. The molecule has 0 radical (unpaired) electrons. The summed E-state index contributed by atoms with van der Waals surface area (Å²) in [6.07, 6.45) is 8.72. The summed E-state index contributed by atoms with van der Waals surface area (Å²) in [7, 11) is 0. The molecule has 0 spiro atoms. The average Bonchev–Trinajstić information content (AvgIpc) is 3.34. The lowest BCUT2D eigenvalue weighted by Gasteiger charge is -2.39. The van der Waals surface area contributed by atoms with Crippen LogP contribution >= 0.6 is 0 Å². The molecule has 1 aliphatic rings. The van der Waals surface area contributed by atoms with Gasteiger partial charge in [0.1, 0.15) is 11.5 Å². The Balaban J connectivity index is 0.921. The van der Waals surface area contributed by atoms with Gasteiger partial charge in [0.05, 0.1) is 0 Å². The van der Waals surface area contributed by atoms with E-state index in [4.69, 9.17) is 0 Å². The van der Waals surface area contributed by atoms with Crippen LogP contribution in [0.5, 0.6) is 11.5 Å². The van der Waals surface area contributed by atoms with Crippen molar-refractivity contribution in [3.8, 4) is 11.5 Å². The monoisotopic (exact) mass is 866 g/mol. The van der Waals surface area contributed by atoms with E-state index >= 15 is 0 Å². The maximum atomic E-state index is 11.3. The van der Waals surface area contributed by atoms with E-state index in [1.807, 2.05) is 12.1 Å². The summed E-state index contributed by atoms with van der Waals surface area (Å²) < 4.78 is 0. The van der Waals surface area contributed by atoms with E-state index in [2.05, 4.69) is 207 Å². The van der Waals surface area contributed by atoms with Crippen LogP contribution in [0.2, 0.25) is 0 Å². The Morgan fingerprint density at radius 3 is 0.939 bits per heavy atom. The Kier molecular flexibility index (Phi) is 13.1. The highest BCUT2D eigenvalue weighted by atomic mass is 16.3. The van der Waals surface area contributed by atoms with Crippen molar-refractivity contribution in [1.82, 2.24) is 0 Å². The van der Waals surface area contributed by atoms with Gasteiger partial charge in [0.15, 0.2) is 0 Å². The standard InChI is InChI=1S/C62H62N2O2/c1-44-8-26-54(27-9-44)63(55-28-10-45(2)11-29-55)58-34-18-48(19-35-58)16-22-50-42-52(24-38-60(50)65)62(40-6-5-7-41-62)53-25-39-61(66)51(43-53)23-17-49-20-36-59(37-21-49)64(56-30-12-46(3)13-31-56)57-32-14-47(4)15-33-57/h8-15,18-21,24-39,42-43,65-66H,5-7,16-17,22-23,40-41H2,1-4H3. The topological polar surface area (TPSA) is 46.9 Å². The minimum absolute atomic E-state index is 0.183. The molecule has 9 rings (SSSR count). The summed E-state index contributed by atoms with van der Waals surface area (Å²) in [5, 5.41) is 22.5. The molecule has 2 N–H and O–H groups in total. The van der Waals surface area contributed by atoms with E-state index in [-0.39, 0.29) is 5.41 Å². The van der Waals surface area contributed by atoms with Gasteiger partial charge in [-0.25, -0.2) is 0 Å². The molecule has 0 amide bonds. The molecule has 0 aromatic heterocycles. The van der Waals surface area contributed by atoms with Gasteiger partial charge < -0.3 is 20.0 Å². The van der Waals surface area contributed by atoms with Gasteiger partial charge in [-0.3, -0.25) is 0 Å². The zero-order valence-corrected chi connectivity index (χ0v) is 39.0. The van der Waals surface area contributed by atoms with Crippen molar-refractivity contribution in [2.75, 3.05) is 9.80 Å². The van der Waals surface area contributed by atoms with Crippen LogP contribution in [0.25, 0.3) is 0 Å². The van der Waals surface area contributed by atoms with Crippen molar-refractivity contribution in [2.45, 2.75) is 90.9 Å². The van der Waals surface area contributed by atoms with Gasteiger partial charge in [0.25, 0.3) is 0 Å². The molecular weight excluding hydrogens is 805 g/mol. The molecule has 0 bridgehead atoms. The van der Waals surface area contributed by atoms with Gasteiger partial charge in [0, 0.05) is 39.5 Å². The highest BCUT2D eigenvalue weighted by Gasteiger charge is 2.36. The molecule has 8 aromatic carbocycles. The summed E-state index contributed by atoms with van der Waals surface area (Å²) in [5.74, 6) is 0.703. The first-order valence-electron chi connectivity index (χ1n) is 23.8. The van der Waals surface area contributed by atoms with Gasteiger partial charge in [-0.05, 0) is 185 Å². The summed E-state index contributed by atoms with van der Waals surface area (Å²) >= 11 is 0. The number of phenols is 2. The van der Waals surface area contributed by atoms with E-state index in [9.17, 15) is 10.2 Å². The first-order chi connectivity index (χ1) is 32.1. The first-order valence-corrected chi connectivity index (χ1v) is 23.8. The highest BCUT2D eigenvalue weighted by molar-refractivity contribution is 5.78. The number of benzene rings is 8. The summed E-state index contributed by atoms with van der Waals surface area (Å²) in [4.78, 5) is 4.61. The fourth-order valence-corrected chi connectivity index (χ4v) is 9.92. The Labute approximate surface area is 392 Å². The van der Waals surface area contributed by atoms with Gasteiger partial charge in [-0.15, -0.1) is 0 Å². The smallest absolute Gasteiger partial charge is 0.118 e. The van der Waals surface area contributed by atoms with Crippen molar-refractivity contribution >= 4 is 34.1 Å². The molecule has 4 nitrogen and oxygen atoms in total. The van der Waals surface area contributed by atoms with E-state index < -0.39 is 0 Å². The molecule has 1 aliphatic carbocycles. The Morgan fingerprint density at radius 1 is 0.348 bits per heavy atom. The van der Waals surface area contributed by atoms with Gasteiger partial charge in [-0.2, -0.15) is 0 Å². The molecule has 4 heteroatoms. The van der Waals surface area contributed by atoms with Crippen molar-refractivity contribution in [1.29, 1.82) is 0 Å². The first kappa shape index (κ1) is 44.2. The van der Waals surface area contributed by atoms with Crippen LogP contribution in [-0.4, -0.2) is 10.2 Å². The van der Waals surface area contributed by atoms with Crippen molar-refractivity contribution in [3.05, 3.63) is 238 Å². The fourth-order valence-electron chi connectivity index (χ4n) is 9.92.